The van der Waals surface area contributed by atoms with E-state index >= 15 is 0 Å². The van der Waals surface area contributed by atoms with Gasteiger partial charge in [-0.25, -0.2) is 0 Å². The summed E-state index contributed by atoms with van der Waals surface area (Å²) in [6.45, 7) is 0.669. The summed E-state index contributed by atoms with van der Waals surface area (Å²) in [5.74, 6) is -0.627. The zero-order valence-corrected chi connectivity index (χ0v) is 16.9. The first kappa shape index (κ1) is 21.9. The number of rotatable bonds is 6. The number of aliphatic hydroxyl groups excluding tert-OH is 1. The van der Waals surface area contributed by atoms with Crippen molar-refractivity contribution in [1.82, 2.24) is 14.7 Å². The molecule has 0 spiro atoms. The molecule has 1 saturated heterocycles. The van der Waals surface area contributed by atoms with Gasteiger partial charge in [0.15, 0.2) is 0 Å². The van der Waals surface area contributed by atoms with E-state index in [9.17, 15) is 19.5 Å². The summed E-state index contributed by atoms with van der Waals surface area (Å²) >= 11 is 5.94. The lowest BCUT2D eigenvalue weighted by molar-refractivity contribution is -0.144. The minimum atomic E-state index is -0.718. The molecule has 1 atom stereocenters. The molecule has 1 aromatic carbocycles. The first-order valence-electron chi connectivity index (χ1n) is 9.17. The van der Waals surface area contributed by atoms with Crippen molar-refractivity contribution < 1.29 is 19.5 Å². The highest BCUT2D eigenvalue weighted by Gasteiger charge is 2.33. The molecular formula is C20H26ClN3O4. The maximum atomic E-state index is 12.5. The average Bonchev–Trinajstić information content (AvgIpc) is 2.85. The number of nitrogens with zero attached hydrogens (tertiary/aromatic N) is 3. The van der Waals surface area contributed by atoms with Crippen LogP contribution in [0.1, 0.15) is 18.4 Å². The van der Waals surface area contributed by atoms with Crippen molar-refractivity contribution in [2.24, 2.45) is 0 Å². The second-order valence-corrected chi connectivity index (χ2v) is 7.25. The molecule has 0 bridgehead atoms. The summed E-state index contributed by atoms with van der Waals surface area (Å²) in [4.78, 5) is 42.0. The maximum Gasteiger partial charge on any atom is 0.246 e. The number of hydrogen-bond acceptors (Lipinski definition) is 4. The van der Waals surface area contributed by atoms with Crippen LogP contribution in [-0.4, -0.2) is 83.9 Å². The molecule has 1 heterocycles. The second-order valence-electron chi connectivity index (χ2n) is 6.81. The van der Waals surface area contributed by atoms with Gasteiger partial charge in [0.2, 0.25) is 17.7 Å². The fraction of sp³-hybridized carbons (Fsp3) is 0.450. The Morgan fingerprint density at radius 3 is 2.68 bits per heavy atom. The molecule has 0 radical (unpaired) electrons. The Labute approximate surface area is 170 Å². The smallest absolute Gasteiger partial charge is 0.246 e. The predicted molar refractivity (Wildman–Crippen MR) is 108 cm³/mol. The van der Waals surface area contributed by atoms with E-state index in [1.54, 1.807) is 43.3 Å². The zero-order chi connectivity index (χ0) is 20.7. The molecule has 1 aromatic rings. The van der Waals surface area contributed by atoms with E-state index in [1.165, 1.54) is 15.9 Å². The molecule has 1 aliphatic rings. The summed E-state index contributed by atoms with van der Waals surface area (Å²) < 4.78 is 0. The van der Waals surface area contributed by atoms with Crippen LogP contribution in [-0.2, 0) is 14.4 Å². The summed E-state index contributed by atoms with van der Waals surface area (Å²) in [7, 11) is 3.23. The van der Waals surface area contributed by atoms with E-state index in [1.807, 2.05) is 6.07 Å². The van der Waals surface area contributed by atoms with Crippen molar-refractivity contribution in [2.75, 3.05) is 40.3 Å². The van der Waals surface area contributed by atoms with E-state index in [-0.39, 0.29) is 50.3 Å². The van der Waals surface area contributed by atoms with Crippen molar-refractivity contribution >= 4 is 35.4 Å². The van der Waals surface area contributed by atoms with Crippen LogP contribution in [0.5, 0.6) is 0 Å². The molecule has 7 nitrogen and oxygen atoms in total. The number of carbonyl (C=O) groups excluding carboxylic acids is 3. The molecular weight excluding hydrogens is 382 g/mol. The third-order valence-electron chi connectivity index (χ3n) is 4.61. The average molecular weight is 408 g/mol. The Bertz CT molecular complexity index is 751. The zero-order valence-electron chi connectivity index (χ0n) is 16.2. The third kappa shape index (κ3) is 5.81. The van der Waals surface area contributed by atoms with Gasteiger partial charge in [-0.15, -0.1) is 0 Å². The summed E-state index contributed by atoms with van der Waals surface area (Å²) in [5.41, 5.74) is 0.813. The molecule has 0 aromatic heterocycles. The largest absolute Gasteiger partial charge is 0.396 e. The summed E-state index contributed by atoms with van der Waals surface area (Å²) in [6, 6.07) is 6.44. The van der Waals surface area contributed by atoms with Crippen LogP contribution in [0.4, 0.5) is 0 Å². The van der Waals surface area contributed by atoms with Gasteiger partial charge in [-0.05, 0) is 30.2 Å². The van der Waals surface area contributed by atoms with Crippen molar-refractivity contribution in [3.63, 3.8) is 0 Å². The molecule has 152 valence electrons. The van der Waals surface area contributed by atoms with Gasteiger partial charge in [0, 0.05) is 57.9 Å². The standard InChI is InChI=1S/C20H26ClN3O4/c1-22(2)20(28)17(9-13-25)24-12-11-23(10-8-19(24)27)18(26)7-6-15-4-3-5-16(21)14-15/h3-7,14,17,25H,8-13H2,1-2H3/t17-/m1/s1. The third-order valence-corrected chi connectivity index (χ3v) is 4.85. The number of benzene rings is 1. The van der Waals surface area contributed by atoms with Gasteiger partial charge < -0.3 is 19.8 Å². The van der Waals surface area contributed by atoms with E-state index in [0.29, 0.717) is 11.6 Å². The number of carbonyl (C=O) groups is 3. The Balaban J connectivity index is 2.06. The van der Waals surface area contributed by atoms with Crippen molar-refractivity contribution in [2.45, 2.75) is 18.9 Å². The minimum absolute atomic E-state index is 0.138. The first-order chi connectivity index (χ1) is 13.3. The van der Waals surface area contributed by atoms with Crippen molar-refractivity contribution in [3.05, 3.63) is 40.9 Å². The Kier molecular flexibility index (Phi) is 8.02. The van der Waals surface area contributed by atoms with Gasteiger partial charge in [-0.1, -0.05) is 23.7 Å². The van der Waals surface area contributed by atoms with Gasteiger partial charge in [0.25, 0.3) is 0 Å². The lowest BCUT2D eigenvalue weighted by Gasteiger charge is -2.31. The first-order valence-corrected chi connectivity index (χ1v) is 9.55. The van der Waals surface area contributed by atoms with Gasteiger partial charge in [0.1, 0.15) is 6.04 Å². The quantitative estimate of drug-likeness (QED) is 0.720. The fourth-order valence-corrected chi connectivity index (χ4v) is 3.30. The highest BCUT2D eigenvalue weighted by Crippen LogP contribution is 2.15. The fourth-order valence-electron chi connectivity index (χ4n) is 3.11. The maximum absolute atomic E-state index is 12.5. The molecule has 1 N–H and O–H groups in total. The normalized spacial score (nSPS) is 16.2. The van der Waals surface area contributed by atoms with Gasteiger partial charge in [0.05, 0.1) is 0 Å². The van der Waals surface area contributed by atoms with E-state index in [0.717, 1.165) is 5.56 Å². The second kappa shape index (κ2) is 10.2. The Hall–Kier alpha value is -2.38. The number of aliphatic hydroxyl groups is 1. The Morgan fingerprint density at radius 1 is 1.29 bits per heavy atom. The SMILES string of the molecule is CN(C)C(=O)[C@@H](CCO)N1CCN(C(=O)C=Cc2cccc(Cl)c2)CCC1=O. The molecule has 3 amide bonds. The number of amides is 3. The van der Waals surface area contributed by atoms with Crippen LogP contribution in [0, 0.1) is 0 Å². The molecule has 0 saturated carbocycles. The van der Waals surface area contributed by atoms with Crippen molar-refractivity contribution in [1.29, 1.82) is 0 Å². The Morgan fingerprint density at radius 2 is 2.04 bits per heavy atom. The molecule has 8 heteroatoms. The van der Waals surface area contributed by atoms with Crippen LogP contribution in [0.2, 0.25) is 5.02 Å². The van der Waals surface area contributed by atoms with Gasteiger partial charge >= 0.3 is 0 Å². The lowest BCUT2D eigenvalue weighted by Crippen LogP contribution is -2.50. The predicted octanol–water partition coefficient (Wildman–Crippen LogP) is 1.25. The van der Waals surface area contributed by atoms with Crippen LogP contribution in [0.15, 0.2) is 30.3 Å². The van der Waals surface area contributed by atoms with Crippen LogP contribution < -0.4 is 0 Å². The van der Waals surface area contributed by atoms with Gasteiger partial charge in [-0.3, -0.25) is 14.4 Å². The van der Waals surface area contributed by atoms with Crippen LogP contribution in [0.25, 0.3) is 6.08 Å². The number of hydrogen-bond donors (Lipinski definition) is 1. The molecule has 0 unspecified atom stereocenters. The summed E-state index contributed by atoms with van der Waals surface area (Å²) in [6.07, 6.45) is 3.45. The van der Waals surface area contributed by atoms with Crippen LogP contribution >= 0.6 is 11.6 Å². The van der Waals surface area contributed by atoms with Crippen LogP contribution in [0.3, 0.4) is 0 Å². The molecule has 28 heavy (non-hydrogen) atoms. The lowest BCUT2D eigenvalue weighted by atomic mass is 10.1. The number of likely N-dealkylation sites (N-methyl/N-ethyl adjacent to an activating group) is 1. The van der Waals surface area contributed by atoms with Gasteiger partial charge in [-0.2, -0.15) is 0 Å². The molecule has 1 fully saturated rings. The monoisotopic (exact) mass is 407 g/mol. The van der Waals surface area contributed by atoms with E-state index in [2.05, 4.69) is 0 Å². The van der Waals surface area contributed by atoms with Crippen molar-refractivity contribution in [3.8, 4) is 0 Å². The highest BCUT2D eigenvalue weighted by molar-refractivity contribution is 6.30. The highest BCUT2D eigenvalue weighted by atomic mass is 35.5. The molecule has 1 aliphatic heterocycles. The number of halogens is 1. The van der Waals surface area contributed by atoms with E-state index < -0.39 is 6.04 Å². The molecule has 2 rings (SSSR count). The van der Waals surface area contributed by atoms with E-state index in [4.69, 9.17) is 11.6 Å². The topological polar surface area (TPSA) is 81.2 Å². The summed E-state index contributed by atoms with van der Waals surface area (Å²) in [5, 5.41) is 9.89. The molecule has 0 aliphatic carbocycles. The minimum Gasteiger partial charge on any atom is -0.396 e.